The molecule has 1 aromatic rings. The van der Waals surface area contributed by atoms with Gasteiger partial charge >= 0.3 is 5.97 Å². The van der Waals surface area contributed by atoms with Crippen LogP contribution in [0.15, 0.2) is 18.2 Å². The molecule has 0 fully saturated rings. The van der Waals surface area contributed by atoms with Gasteiger partial charge in [-0.2, -0.15) is 0 Å². The Morgan fingerprint density at radius 2 is 2.20 bits per heavy atom. The lowest BCUT2D eigenvalue weighted by atomic mass is 10.1. The number of aromatic carboxylic acids is 1. The molecule has 4 heteroatoms. The maximum absolute atomic E-state index is 13.1. The molecule has 1 atom stereocenters. The van der Waals surface area contributed by atoms with Crippen LogP contribution in [0.25, 0.3) is 0 Å². The van der Waals surface area contributed by atoms with E-state index in [0.29, 0.717) is 12.2 Å². The van der Waals surface area contributed by atoms with Crippen molar-refractivity contribution < 1.29 is 19.0 Å². The third kappa shape index (κ3) is 3.02. The lowest BCUT2D eigenvalue weighted by Crippen LogP contribution is -2.04. The maximum atomic E-state index is 13.1. The van der Waals surface area contributed by atoms with E-state index >= 15 is 0 Å². The summed E-state index contributed by atoms with van der Waals surface area (Å²) >= 11 is 0. The normalized spacial score (nSPS) is 12.5. The van der Waals surface area contributed by atoms with Crippen LogP contribution in [0.3, 0.4) is 0 Å². The highest BCUT2D eigenvalue weighted by molar-refractivity contribution is 5.87. The molecule has 0 amide bonds. The Hall–Kier alpha value is -1.42. The van der Waals surface area contributed by atoms with Crippen molar-refractivity contribution in [1.82, 2.24) is 0 Å². The van der Waals surface area contributed by atoms with Gasteiger partial charge in [-0.3, -0.25) is 0 Å². The second-order valence-electron chi connectivity index (χ2n) is 3.18. The third-order valence-electron chi connectivity index (χ3n) is 2.05. The van der Waals surface area contributed by atoms with Crippen molar-refractivity contribution in [2.75, 3.05) is 6.61 Å². The van der Waals surface area contributed by atoms with Crippen LogP contribution in [0, 0.1) is 5.82 Å². The molecule has 0 heterocycles. The first-order chi connectivity index (χ1) is 7.04. The number of carboxylic acids is 1. The number of rotatable bonds is 4. The molecule has 0 aliphatic carbocycles. The molecule has 0 saturated carbocycles. The van der Waals surface area contributed by atoms with Gasteiger partial charge in [-0.25, -0.2) is 9.18 Å². The van der Waals surface area contributed by atoms with E-state index < -0.39 is 11.8 Å². The number of carbonyl (C=O) groups is 1. The Morgan fingerprint density at radius 3 is 2.73 bits per heavy atom. The summed E-state index contributed by atoms with van der Waals surface area (Å²) in [4.78, 5) is 10.7. The molecule has 1 N–H and O–H groups in total. The minimum absolute atomic E-state index is 0.0587. The fourth-order valence-corrected chi connectivity index (χ4v) is 1.32. The first-order valence-electron chi connectivity index (χ1n) is 4.70. The Balaban J connectivity index is 3.03. The maximum Gasteiger partial charge on any atom is 0.335 e. The van der Waals surface area contributed by atoms with E-state index in [2.05, 4.69) is 0 Å². The smallest absolute Gasteiger partial charge is 0.335 e. The number of benzene rings is 1. The topological polar surface area (TPSA) is 46.5 Å². The van der Waals surface area contributed by atoms with Crippen LogP contribution in [-0.4, -0.2) is 17.7 Å². The van der Waals surface area contributed by atoms with Gasteiger partial charge in [0, 0.05) is 6.61 Å². The standard InChI is InChI=1S/C11H13FO3/c1-3-15-7(2)8-4-9(11(13)14)6-10(12)5-8/h4-7H,3H2,1-2H3,(H,13,14). The SMILES string of the molecule is CCOC(C)c1cc(F)cc(C(=O)O)c1. The van der Waals surface area contributed by atoms with E-state index in [9.17, 15) is 9.18 Å². The number of hydrogen-bond donors (Lipinski definition) is 1. The molecular weight excluding hydrogens is 199 g/mol. The van der Waals surface area contributed by atoms with E-state index in [4.69, 9.17) is 9.84 Å². The molecule has 0 aliphatic rings. The van der Waals surface area contributed by atoms with Gasteiger partial charge in [-0.05, 0) is 37.6 Å². The van der Waals surface area contributed by atoms with Crippen molar-refractivity contribution in [2.24, 2.45) is 0 Å². The van der Waals surface area contributed by atoms with Crippen LogP contribution in [0.5, 0.6) is 0 Å². The van der Waals surface area contributed by atoms with Crippen LogP contribution in [0.4, 0.5) is 4.39 Å². The molecule has 0 bridgehead atoms. The first-order valence-corrected chi connectivity index (χ1v) is 4.70. The highest BCUT2D eigenvalue weighted by Crippen LogP contribution is 2.19. The van der Waals surface area contributed by atoms with E-state index in [1.165, 1.54) is 12.1 Å². The van der Waals surface area contributed by atoms with Gasteiger partial charge < -0.3 is 9.84 Å². The molecule has 0 aromatic heterocycles. The fraction of sp³-hybridized carbons (Fsp3) is 0.364. The number of hydrogen-bond acceptors (Lipinski definition) is 2. The molecule has 1 unspecified atom stereocenters. The molecule has 0 radical (unpaired) electrons. The quantitative estimate of drug-likeness (QED) is 0.834. The summed E-state index contributed by atoms with van der Waals surface area (Å²) in [6, 6.07) is 3.70. The largest absolute Gasteiger partial charge is 0.478 e. The van der Waals surface area contributed by atoms with E-state index in [-0.39, 0.29) is 11.7 Å². The predicted molar refractivity (Wildman–Crippen MR) is 53.4 cm³/mol. The van der Waals surface area contributed by atoms with Gasteiger partial charge in [0.25, 0.3) is 0 Å². The van der Waals surface area contributed by atoms with Crippen molar-refractivity contribution in [2.45, 2.75) is 20.0 Å². The first kappa shape index (κ1) is 11.7. The summed E-state index contributed by atoms with van der Waals surface area (Å²) < 4.78 is 18.3. The van der Waals surface area contributed by atoms with Crippen LogP contribution in [0.2, 0.25) is 0 Å². The summed E-state index contributed by atoms with van der Waals surface area (Å²) in [5, 5.41) is 8.74. The Labute approximate surface area is 87.5 Å². The van der Waals surface area contributed by atoms with Gasteiger partial charge in [0.05, 0.1) is 11.7 Å². The van der Waals surface area contributed by atoms with Crippen LogP contribution >= 0.6 is 0 Å². The van der Waals surface area contributed by atoms with Crippen molar-refractivity contribution in [3.8, 4) is 0 Å². The summed E-state index contributed by atoms with van der Waals surface area (Å²) in [6.45, 7) is 4.08. The van der Waals surface area contributed by atoms with E-state index in [1.54, 1.807) is 6.92 Å². The second-order valence-corrected chi connectivity index (χ2v) is 3.18. The average molecular weight is 212 g/mol. The van der Waals surface area contributed by atoms with Crippen LogP contribution < -0.4 is 0 Å². The van der Waals surface area contributed by atoms with Crippen molar-refractivity contribution >= 4 is 5.97 Å². The van der Waals surface area contributed by atoms with Crippen LogP contribution in [-0.2, 0) is 4.74 Å². The van der Waals surface area contributed by atoms with E-state index in [0.717, 1.165) is 6.07 Å². The fourth-order valence-electron chi connectivity index (χ4n) is 1.32. The number of ether oxygens (including phenoxy) is 1. The molecular formula is C11H13FO3. The van der Waals surface area contributed by atoms with Gasteiger partial charge in [0.15, 0.2) is 0 Å². The molecule has 3 nitrogen and oxygen atoms in total. The molecule has 82 valence electrons. The summed E-state index contributed by atoms with van der Waals surface area (Å²) in [7, 11) is 0. The zero-order valence-corrected chi connectivity index (χ0v) is 8.66. The molecule has 15 heavy (non-hydrogen) atoms. The van der Waals surface area contributed by atoms with E-state index in [1.807, 2.05) is 6.92 Å². The molecule has 0 spiro atoms. The second kappa shape index (κ2) is 4.89. The molecule has 0 saturated heterocycles. The molecule has 1 aromatic carbocycles. The average Bonchev–Trinajstić information content (AvgIpc) is 2.17. The zero-order chi connectivity index (χ0) is 11.4. The lowest BCUT2D eigenvalue weighted by molar-refractivity contribution is 0.0691. The van der Waals surface area contributed by atoms with Gasteiger partial charge in [-0.15, -0.1) is 0 Å². The van der Waals surface area contributed by atoms with Crippen molar-refractivity contribution in [3.63, 3.8) is 0 Å². The minimum atomic E-state index is -1.14. The van der Waals surface area contributed by atoms with Gasteiger partial charge in [-0.1, -0.05) is 0 Å². The van der Waals surface area contributed by atoms with Gasteiger partial charge in [0.1, 0.15) is 5.82 Å². The predicted octanol–water partition coefficient (Wildman–Crippen LogP) is 2.62. The Bertz CT molecular complexity index is 363. The third-order valence-corrected chi connectivity index (χ3v) is 2.05. The highest BCUT2D eigenvalue weighted by Gasteiger charge is 2.11. The monoisotopic (exact) mass is 212 g/mol. The Morgan fingerprint density at radius 1 is 1.53 bits per heavy atom. The summed E-state index contributed by atoms with van der Waals surface area (Å²) in [6.07, 6.45) is -0.302. The van der Waals surface area contributed by atoms with Crippen LogP contribution in [0.1, 0.15) is 35.9 Å². The summed E-state index contributed by atoms with van der Waals surface area (Å²) in [5.74, 6) is -1.70. The van der Waals surface area contributed by atoms with Crippen molar-refractivity contribution in [3.05, 3.63) is 35.1 Å². The van der Waals surface area contributed by atoms with Gasteiger partial charge in [0.2, 0.25) is 0 Å². The van der Waals surface area contributed by atoms with Crippen molar-refractivity contribution in [1.29, 1.82) is 0 Å². The number of halogens is 1. The lowest BCUT2D eigenvalue weighted by Gasteiger charge is -2.12. The molecule has 1 rings (SSSR count). The summed E-state index contributed by atoms with van der Waals surface area (Å²) in [5.41, 5.74) is 0.478. The Kier molecular flexibility index (Phi) is 3.80. The highest BCUT2D eigenvalue weighted by atomic mass is 19.1. The number of carboxylic acid groups (broad SMARTS) is 1. The minimum Gasteiger partial charge on any atom is -0.478 e. The zero-order valence-electron chi connectivity index (χ0n) is 8.66. The molecule has 0 aliphatic heterocycles.